The average molecular weight is 306 g/mol. The molecule has 3 aromatic rings. The molecule has 0 unspecified atom stereocenters. The first-order valence-corrected chi connectivity index (χ1v) is 6.62. The van der Waals surface area contributed by atoms with E-state index in [1.54, 1.807) is 43.3 Å². The van der Waals surface area contributed by atoms with E-state index in [9.17, 15) is 4.39 Å². The molecule has 21 heavy (non-hydrogen) atoms. The Hall–Kier alpha value is -2.34. The van der Waals surface area contributed by atoms with Crippen molar-refractivity contribution < 1.29 is 4.39 Å². The quantitative estimate of drug-likeness (QED) is 0.792. The van der Waals surface area contributed by atoms with Gasteiger partial charge >= 0.3 is 0 Å². The molecule has 0 fully saturated rings. The molecule has 3 rings (SSSR count). The average Bonchev–Trinajstić information content (AvgIpc) is 2.97. The molecular weight excluding hydrogens is 293 g/mol. The lowest BCUT2D eigenvalue weighted by Gasteiger charge is -2.07. The summed E-state index contributed by atoms with van der Waals surface area (Å²) in [6.07, 6.45) is 3.44. The first kappa shape index (κ1) is 13.6. The third-order valence-electron chi connectivity index (χ3n) is 3.28. The van der Waals surface area contributed by atoms with E-state index in [1.807, 2.05) is 0 Å². The first-order chi connectivity index (χ1) is 9.99. The highest BCUT2D eigenvalue weighted by Gasteiger charge is 2.23. The van der Waals surface area contributed by atoms with Gasteiger partial charge in [0.1, 0.15) is 17.3 Å². The van der Waals surface area contributed by atoms with Gasteiger partial charge in [-0.2, -0.15) is 10.2 Å². The largest absolute Gasteiger partial charge is 0.383 e. The molecule has 0 aliphatic rings. The molecule has 0 aliphatic carbocycles. The molecule has 7 heteroatoms. The standard InChI is InChI=1S/C14H13ClFN5/c1-20-7-8(6-18-20)13-12(14(17)21(2)19-13)11-9(15)4-3-5-10(11)16/h3-7H,17H2,1-2H3. The second kappa shape index (κ2) is 4.89. The van der Waals surface area contributed by atoms with Crippen molar-refractivity contribution in [3.63, 3.8) is 0 Å². The van der Waals surface area contributed by atoms with Crippen LogP contribution in [0.5, 0.6) is 0 Å². The number of aromatic nitrogens is 4. The van der Waals surface area contributed by atoms with Crippen molar-refractivity contribution in [1.29, 1.82) is 0 Å². The van der Waals surface area contributed by atoms with Crippen molar-refractivity contribution in [3.8, 4) is 22.4 Å². The summed E-state index contributed by atoms with van der Waals surface area (Å²) in [5, 5.41) is 8.77. The zero-order valence-electron chi connectivity index (χ0n) is 11.5. The van der Waals surface area contributed by atoms with Gasteiger partial charge in [-0.3, -0.25) is 9.36 Å². The van der Waals surface area contributed by atoms with E-state index in [4.69, 9.17) is 17.3 Å². The summed E-state index contributed by atoms with van der Waals surface area (Å²) in [5.41, 5.74) is 8.10. The second-order valence-electron chi connectivity index (χ2n) is 4.73. The highest BCUT2D eigenvalue weighted by atomic mass is 35.5. The highest BCUT2D eigenvalue weighted by Crippen LogP contribution is 2.40. The number of nitrogens with two attached hydrogens (primary N) is 1. The molecular formula is C14H13ClFN5. The highest BCUT2D eigenvalue weighted by molar-refractivity contribution is 6.33. The van der Waals surface area contributed by atoms with Crippen LogP contribution in [-0.4, -0.2) is 19.6 Å². The maximum Gasteiger partial charge on any atom is 0.132 e. The van der Waals surface area contributed by atoms with Crippen molar-refractivity contribution in [2.75, 3.05) is 5.73 Å². The Balaban J connectivity index is 2.32. The van der Waals surface area contributed by atoms with E-state index >= 15 is 0 Å². The van der Waals surface area contributed by atoms with Crippen LogP contribution >= 0.6 is 11.6 Å². The number of nitrogen functional groups attached to an aromatic ring is 1. The van der Waals surface area contributed by atoms with Crippen LogP contribution in [0.4, 0.5) is 10.2 Å². The second-order valence-corrected chi connectivity index (χ2v) is 5.14. The Kier molecular flexibility index (Phi) is 3.17. The molecule has 2 heterocycles. The Morgan fingerprint density at radius 1 is 1.24 bits per heavy atom. The van der Waals surface area contributed by atoms with Crippen LogP contribution < -0.4 is 5.73 Å². The normalized spacial score (nSPS) is 11.0. The molecule has 0 saturated heterocycles. The summed E-state index contributed by atoms with van der Waals surface area (Å²) in [5.74, 6) is -0.0896. The van der Waals surface area contributed by atoms with E-state index in [0.29, 0.717) is 22.1 Å². The van der Waals surface area contributed by atoms with Crippen LogP contribution in [0, 0.1) is 5.82 Å². The predicted octanol–water partition coefficient (Wildman–Crippen LogP) is 2.86. The number of halogens is 2. The van der Waals surface area contributed by atoms with E-state index in [-0.39, 0.29) is 5.56 Å². The first-order valence-electron chi connectivity index (χ1n) is 6.25. The molecule has 2 N–H and O–H groups in total. The van der Waals surface area contributed by atoms with Gasteiger partial charge in [-0.1, -0.05) is 17.7 Å². The summed E-state index contributed by atoms with van der Waals surface area (Å²) < 4.78 is 17.4. The zero-order chi connectivity index (χ0) is 15.1. The topological polar surface area (TPSA) is 61.7 Å². The molecule has 0 amide bonds. The summed E-state index contributed by atoms with van der Waals surface area (Å²) in [6, 6.07) is 4.53. The summed E-state index contributed by atoms with van der Waals surface area (Å²) in [6.45, 7) is 0. The van der Waals surface area contributed by atoms with Crippen LogP contribution in [0.1, 0.15) is 0 Å². The van der Waals surface area contributed by atoms with E-state index < -0.39 is 5.82 Å². The molecule has 0 bridgehead atoms. The molecule has 0 radical (unpaired) electrons. The molecule has 108 valence electrons. The monoisotopic (exact) mass is 305 g/mol. The Bertz CT molecular complexity index is 801. The molecule has 0 atom stereocenters. The van der Waals surface area contributed by atoms with Gasteiger partial charge in [-0.05, 0) is 12.1 Å². The van der Waals surface area contributed by atoms with Gasteiger partial charge in [0.15, 0.2) is 0 Å². The van der Waals surface area contributed by atoms with Crippen molar-refractivity contribution in [2.45, 2.75) is 0 Å². The maximum absolute atomic E-state index is 14.2. The predicted molar refractivity (Wildman–Crippen MR) is 80.2 cm³/mol. The van der Waals surface area contributed by atoms with E-state index in [2.05, 4.69) is 10.2 Å². The number of hydrogen-bond acceptors (Lipinski definition) is 3. The van der Waals surface area contributed by atoms with E-state index in [1.165, 1.54) is 10.7 Å². The number of rotatable bonds is 2. The minimum absolute atomic E-state index is 0.253. The van der Waals surface area contributed by atoms with Crippen molar-refractivity contribution in [2.24, 2.45) is 14.1 Å². The van der Waals surface area contributed by atoms with Gasteiger partial charge in [-0.15, -0.1) is 0 Å². The number of anilines is 1. The van der Waals surface area contributed by atoms with Crippen LogP contribution in [0.25, 0.3) is 22.4 Å². The molecule has 0 spiro atoms. The fourth-order valence-electron chi connectivity index (χ4n) is 2.27. The van der Waals surface area contributed by atoms with Crippen LogP contribution in [0.15, 0.2) is 30.6 Å². The summed E-state index contributed by atoms with van der Waals surface area (Å²) >= 11 is 6.16. The number of hydrogen-bond donors (Lipinski definition) is 1. The lowest BCUT2D eigenvalue weighted by molar-refractivity contribution is 0.631. The number of nitrogens with zero attached hydrogens (tertiary/aromatic N) is 4. The fourth-order valence-corrected chi connectivity index (χ4v) is 2.52. The Morgan fingerprint density at radius 3 is 2.62 bits per heavy atom. The van der Waals surface area contributed by atoms with Gasteiger partial charge in [0, 0.05) is 31.4 Å². The van der Waals surface area contributed by atoms with Gasteiger partial charge < -0.3 is 5.73 Å². The van der Waals surface area contributed by atoms with E-state index in [0.717, 1.165) is 5.56 Å². The van der Waals surface area contributed by atoms with Gasteiger partial charge in [-0.25, -0.2) is 4.39 Å². The lowest BCUT2D eigenvalue weighted by atomic mass is 10.0. The summed E-state index contributed by atoms with van der Waals surface area (Å²) in [4.78, 5) is 0. The molecule has 1 aromatic carbocycles. The van der Waals surface area contributed by atoms with Gasteiger partial charge in [0.25, 0.3) is 0 Å². The van der Waals surface area contributed by atoms with Crippen molar-refractivity contribution in [3.05, 3.63) is 41.4 Å². The molecule has 5 nitrogen and oxygen atoms in total. The third kappa shape index (κ3) is 2.17. The van der Waals surface area contributed by atoms with Crippen LogP contribution in [-0.2, 0) is 14.1 Å². The SMILES string of the molecule is Cn1cc(-c2nn(C)c(N)c2-c2c(F)cccc2Cl)cn1. The third-order valence-corrected chi connectivity index (χ3v) is 3.60. The lowest BCUT2D eigenvalue weighted by Crippen LogP contribution is -1.98. The maximum atomic E-state index is 14.2. The molecule has 0 saturated carbocycles. The zero-order valence-corrected chi connectivity index (χ0v) is 12.3. The summed E-state index contributed by atoms with van der Waals surface area (Å²) in [7, 11) is 3.50. The fraction of sp³-hybridized carbons (Fsp3) is 0.143. The Labute approximate surface area is 125 Å². The number of benzene rings is 1. The number of aryl methyl sites for hydroxylation is 2. The van der Waals surface area contributed by atoms with Gasteiger partial charge in [0.05, 0.1) is 16.8 Å². The van der Waals surface area contributed by atoms with Crippen molar-refractivity contribution in [1.82, 2.24) is 19.6 Å². The smallest absolute Gasteiger partial charge is 0.132 e. The van der Waals surface area contributed by atoms with Crippen LogP contribution in [0.3, 0.4) is 0 Å². The van der Waals surface area contributed by atoms with Crippen molar-refractivity contribution >= 4 is 17.4 Å². The minimum Gasteiger partial charge on any atom is -0.383 e. The molecule has 2 aromatic heterocycles. The molecule has 0 aliphatic heterocycles. The van der Waals surface area contributed by atoms with Gasteiger partial charge in [0.2, 0.25) is 0 Å². The van der Waals surface area contributed by atoms with Crippen LogP contribution in [0.2, 0.25) is 5.02 Å². The minimum atomic E-state index is -0.438. The Morgan fingerprint density at radius 2 is 2.00 bits per heavy atom.